The molecule has 8 nitrogen and oxygen atoms in total. The first-order valence-corrected chi connectivity index (χ1v) is 9.24. The zero-order valence-corrected chi connectivity index (χ0v) is 14.7. The lowest BCUT2D eigenvalue weighted by Crippen LogP contribution is -2.23. The van der Waals surface area contributed by atoms with Crippen LogP contribution < -0.4 is 14.8 Å². The van der Waals surface area contributed by atoms with Crippen LogP contribution in [0, 0.1) is 0 Å². The zero-order valence-electron chi connectivity index (χ0n) is 13.8. The first kappa shape index (κ1) is 16.2. The molecule has 1 atom stereocenters. The van der Waals surface area contributed by atoms with Crippen LogP contribution in [-0.2, 0) is 4.79 Å². The van der Waals surface area contributed by atoms with Gasteiger partial charge in [0, 0.05) is 11.8 Å². The average molecular weight is 361 g/mol. The third-order valence-electron chi connectivity index (χ3n) is 4.42. The number of thioether (sulfide) groups is 1. The Morgan fingerprint density at radius 1 is 1.32 bits per heavy atom. The molecule has 1 saturated carbocycles. The van der Waals surface area contributed by atoms with Crippen LogP contribution in [0.4, 0.5) is 5.69 Å². The monoisotopic (exact) mass is 361 g/mol. The number of carbonyl (C=O) groups is 1. The van der Waals surface area contributed by atoms with Gasteiger partial charge in [-0.2, -0.15) is 0 Å². The third-order valence-corrected chi connectivity index (χ3v) is 5.47. The molecule has 9 heteroatoms. The van der Waals surface area contributed by atoms with E-state index >= 15 is 0 Å². The number of fused-ring (bicyclic) bond motifs is 1. The summed E-state index contributed by atoms with van der Waals surface area (Å²) >= 11 is 1.38. The second-order valence-electron chi connectivity index (χ2n) is 6.16. The van der Waals surface area contributed by atoms with Crippen LogP contribution in [0.15, 0.2) is 23.4 Å². The summed E-state index contributed by atoms with van der Waals surface area (Å²) in [7, 11) is 0. The summed E-state index contributed by atoms with van der Waals surface area (Å²) in [5, 5.41) is 15.2. The molecule has 2 aliphatic rings. The number of amides is 1. The van der Waals surface area contributed by atoms with E-state index in [0.29, 0.717) is 28.4 Å². The number of anilines is 1. The number of carbonyl (C=O) groups excluding carboxylic acids is 1. The lowest BCUT2D eigenvalue weighted by Gasteiger charge is -2.14. The zero-order chi connectivity index (χ0) is 17.2. The van der Waals surface area contributed by atoms with Gasteiger partial charge in [-0.05, 0) is 42.3 Å². The summed E-state index contributed by atoms with van der Waals surface area (Å²) < 4.78 is 12.5. The fourth-order valence-electron chi connectivity index (χ4n) is 3.07. The number of aromatic nitrogens is 4. The number of nitrogens with one attached hydrogen (secondary N) is 1. The lowest BCUT2D eigenvalue weighted by molar-refractivity contribution is -0.115. The largest absolute Gasteiger partial charge is 0.454 e. The maximum Gasteiger partial charge on any atom is 0.237 e. The molecular formula is C16H19N5O3S. The molecule has 2 aromatic rings. The number of hydrogen-bond acceptors (Lipinski definition) is 7. The van der Waals surface area contributed by atoms with Crippen molar-refractivity contribution in [1.29, 1.82) is 0 Å². The molecule has 0 spiro atoms. The smallest absolute Gasteiger partial charge is 0.237 e. The van der Waals surface area contributed by atoms with Gasteiger partial charge in [0.15, 0.2) is 11.5 Å². The summed E-state index contributed by atoms with van der Waals surface area (Å²) in [5.41, 5.74) is 0.678. The standard InChI is InChI=1S/C16H19N5O3S/c1-10(25-16-18-19-20-21(16)12-4-2-3-5-12)15(22)17-11-6-7-13-14(8-11)24-9-23-13/h6-8,10,12H,2-5,9H2,1H3,(H,17,22)/t10-/m1/s1. The van der Waals surface area contributed by atoms with Crippen molar-refractivity contribution >= 4 is 23.4 Å². The first-order valence-electron chi connectivity index (χ1n) is 8.36. The van der Waals surface area contributed by atoms with E-state index in [1.54, 1.807) is 18.2 Å². The molecule has 1 fully saturated rings. The first-order chi connectivity index (χ1) is 12.2. The Kier molecular flexibility index (Phi) is 4.48. The van der Waals surface area contributed by atoms with Gasteiger partial charge in [0.2, 0.25) is 17.9 Å². The summed E-state index contributed by atoms with van der Waals surface area (Å²) in [6.07, 6.45) is 4.59. The molecule has 4 rings (SSSR count). The Balaban J connectivity index is 1.40. The maximum atomic E-state index is 12.5. The van der Waals surface area contributed by atoms with E-state index in [9.17, 15) is 4.79 Å². The van der Waals surface area contributed by atoms with E-state index in [1.165, 1.54) is 24.6 Å². The molecule has 0 saturated heterocycles. The van der Waals surface area contributed by atoms with Crippen molar-refractivity contribution in [3.63, 3.8) is 0 Å². The van der Waals surface area contributed by atoms with Crippen molar-refractivity contribution in [2.75, 3.05) is 12.1 Å². The Bertz CT molecular complexity index is 775. The second kappa shape index (κ2) is 6.91. The quantitative estimate of drug-likeness (QED) is 0.819. The fourth-order valence-corrected chi connectivity index (χ4v) is 3.93. The molecule has 0 radical (unpaired) electrons. The number of tetrazole rings is 1. The fraction of sp³-hybridized carbons (Fsp3) is 0.500. The van der Waals surface area contributed by atoms with Gasteiger partial charge in [-0.25, -0.2) is 4.68 Å². The van der Waals surface area contributed by atoms with Gasteiger partial charge in [-0.15, -0.1) is 5.10 Å². The molecule has 1 N–H and O–H groups in total. The Morgan fingerprint density at radius 2 is 2.12 bits per heavy atom. The van der Waals surface area contributed by atoms with E-state index in [4.69, 9.17) is 9.47 Å². The van der Waals surface area contributed by atoms with Gasteiger partial charge in [0.05, 0.1) is 11.3 Å². The minimum atomic E-state index is -0.323. The van der Waals surface area contributed by atoms with Crippen molar-refractivity contribution < 1.29 is 14.3 Å². The van der Waals surface area contributed by atoms with E-state index in [1.807, 2.05) is 11.6 Å². The van der Waals surface area contributed by atoms with E-state index in [-0.39, 0.29) is 18.0 Å². The maximum absolute atomic E-state index is 12.5. The third kappa shape index (κ3) is 3.41. The molecule has 1 aromatic heterocycles. The van der Waals surface area contributed by atoms with Crippen LogP contribution >= 0.6 is 11.8 Å². The molecule has 2 heterocycles. The minimum absolute atomic E-state index is 0.107. The molecule has 132 valence electrons. The topological polar surface area (TPSA) is 91.2 Å². The van der Waals surface area contributed by atoms with E-state index in [2.05, 4.69) is 20.8 Å². The van der Waals surface area contributed by atoms with Gasteiger partial charge in [-0.1, -0.05) is 24.6 Å². The number of benzene rings is 1. The highest BCUT2D eigenvalue weighted by Gasteiger charge is 2.25. The van der Waals surface area contributed by atoms with E-state index in [0.717, 1.165) is 12.8 Å². The molecule has 1 aromatic carbocycles. The minimum Gasteiger partial charge on any atom is -0.454 e. The van der Waals surface area contributed by atoms with Gasteiger partial charge < -0.3 is 14.8 Å². The highest BCUT2D eigenvalue weighted by atomic mass is 32.2. The molecule has 25 heavy (non-hydrogen) atoms. The highest BCUT2D eigenvalue weighted by molar-refractivity contribution is 8.00. The molecule has 0 unspecified atom stereocenters. The highest BCUT2D eigenvalue weighted by Crippen LogP contribution is 2.35. The van der Waals surface area contributed by atoms with Gasteiger partial charge >= 0.3 is 0 Å². The Morgan fingerprint density at radius 3 is 2.96 bits per heavy atom. The van der Waals surface area contributed by atoms with Crippen LogP contribution in [0.2, 0.25) is 0 Å². The van der Waals surface area contributed by atoms with Gasteiger partial charge in [0.25, 0.3) is 0 Å². The Labute approximate surface area is 149 Å². The van der Waals surface area contributed by atoms with Crippen molar-refractivity contribution in [1.82, 2.24) is 20.2 Å². The number of rotatable bonds is 5. The van der Waals surface area contributed by atoms with E-state index < -0.39 is 0 Å². The molecule has 1 amide bonds. The SMILES string of the molecule is C[C@@H](Sc1nnnn1C1CCCC1)C(=O)Nc1ccc2c(c1)OCO2. The molecular weight excluding hydrogens is 342 g/mol. The number of nitrogens with zero attached hydrogens (tertiary/aromatic N) is 4. The van der Waals surface area contributed by atoms with Crippen LogP contribution in [0.1, 0.15) is 38.6 Å². The number of hydrogen-bond donors (Lipinski definition) is 1. The second-order valence-corrected chi connectivity index (χ2v) is 7.47. The summed E-state index contributed by atoms with van der Waals surface area (Å²) in [6.45, 7) is 2.06. The van der Waals surface area contributed by atoms with Crippen molar-refractivity contribution in [2.45, 2.75) is 49.1 Å². The van der Waals surface area contributed by atoms with Gasteiger partial charge in [-0.3, -0.25) is 4.79 Å². The van der Waals surface area contributed by atoms with Crippen LogP contribution in [-0.4, -0.2) is 38.2 Å². The van der Waals surface area contributed by atoms with Crippen LogP contribution in [0.25, 0.3) is 0 Å². The predicted octanol–water partition coefficient (Wildman–Crippen LogP) is 2.64. The molecule has 1 aliphatic heterocycles. The number of ether oxygens (including phenoxy) is 2. The summed E-state index contributed by atoms with van der Waals surface area (Å²) in [6, 6.07) is 5.70. The Hall–Kier alpha value is -2.29. The van der Waals surface area contributed by atoms with Crippen molar-refractivity contribution in [2.24, 2.45) is 0 Å². The molecule has 1 aliphatic carbocycles. The van der Waals surface area contributed by atoms with Crippen LogP contribution in [0.3, 0.4) is 0 Å². The molecule has 0 bridgehead atoms. The predicted molar refractivity (Wildman–Crippen MR) is 91.8 cm³/mol. The average Bonchev–Trinajstić information content (AvgIpc) is 3.35. The normalized spacial score (nSPS) is 17.6. The van der Waals surface area contributed by atoms with Gasteiger partial charge in [0.1, 0.15) is 0 Å². The van der Waals surface area contributed by atoms with Crippen LogP contribution in [0.5, 0.6) is 11.5 Å². The summed E-state index contributed by atoms with van der Waals surface area (Å²) in [4.78, 5) is 12.5. The summed E-state index contributed by atoms with van der Waals surface area (Å²) in [5.74, 6) is 1.23. The lowest BCUT2D eigenvalue weighted by atomic mass is 10.2. The van der Waals surface area contributed by atoms with Crippen molar-refractivity contribution in [3.8, 4) is 11.5 Å². The van der Waals surface area contributed by atoms with Crippen molar-refractivity contribution in [3.05, 3.63) is 18.2 Å².